The SMILES string of the molecule is CCC(C)C(N=C1NC(C)(C)Cc2ccccc21)C(=O)O. The minimum atomic E-state index is -0.862. The fourth-order valence-electron chi connectivity index (χ4n) is 2.70. The topological polar surface area (TPSA) is 61.7 Å². The molecule has 2 N–H and O–H groups in total. The smallest absolute Gasteiger partial charge is 0.328 e. The monoisotopic (exact) mass is 288 g/mol. The van der Waals surface area contributed by atoms with Crippen LogP contribution in [0.25, 0.3) is 0 Å². The zero-order valence-electron chi connectivity index (χ0n) is 13.2. The van der Waals surface area contributed by atoms with Gasteiger partial charge in [0.25, 0.3) is 0 Å². The van der Waals surface area contributed by atoms with Crippen LogP contribution in [0.3, 0.4) is 0 Å². The second kappa shape index (κ2) is 5.88. The van der Waals surface area contributed by atoms with Crippen LogP contribution in [0.1, 0.15) is 45.2 Å². The second-order valence-corrected chi connectivity index (χ2v) is 6.49. The average Bonchev–Trinajstić information content (AvgIpc) is 2.42. The van der Waals surface area contributed by atoms with Crippen LogP contribution < -0.4 is 5.32 Å². The molecular weight excluding hydrogens is 264 g/mol. The molecule has 1 aromatic rings. The van der Waals surface area contributed by atoms with E-state index in [0.717, 1.165) is 18.4 Å². The predicted octanol–water partition coefficient (Wildman–Crippen LogP) is 2.86. The maximum absolute atomic E-state index is 11.5. The summed E-state index contributed by atoms with van der Waals surface area (Å²) in [6.07, 6.45) is 1.70. The first-order chi connectivity index (χ1) is 9.84. The van der Waals surface area contributed by atoms with Gasteiger partial charge in [0.2, 0.25) is 0 Å². The summed E-state index contributed by atoms with van der Waals surface area (Å²) in [4.78, 5) is 16.1. The van der Waals surface area contributed by atoms with Crippen LogP contribution in [0.2, 0.25) is 0 Å². The zero-order chi connectivity index (χ0) is 15.6. The maximum atomic E-state index is 11.5. The molecule has 1 aromatic carbocycles. The third-order valence-electron chi connectivity index (χ3n) is 4.07. The molecule has 21 heavy (non-hydrogen) atoms. The first kappa shape index (κ1) is 15.5. The van der Waals surface area contributed by atoms with Gasteiger partial charge >= 0.3 is 5.97 Å². The fraction of sp³-hybridized carbons (Fsp3) is 0.529. The van der Waals surface area contributed by atoms with Gasteiger partial charge in [-0.1, -0.05) is 44.5 Å². The number of nitrogens with one attached hydrogen (secondary N) is 1. The lowest BCUT2D eigenvalue weighted by Gasteiger charge is -2.35. The number of aliphatic imine (C=N–C) groups is 1. The van der Waals surface area contributed by atoms with Gasteiger partial charge in [-0.15, -0.1) is 0 Å². The van der Waals surface area contributed by atoms with Crippen molar-refractivity contribution in [1.82, 2.24) is 5.32 Å². The van der Waals surface area contributed by atoms with Crippen molar-refractivity contribution in [1.29, 1.82) is 0 Å². The number of aliphatic carboxylic acids is 1. The van der Waals surface area contributed by atoms with Gasteiger partial charge in [0, 0.05) is 11.1 Å². The Morgan fingerprint density at radius 3 is 2.71 bits per heavy atom. The van der Waals surface area contributed by atoms with Gasteiger partial charge in [0.15, 0.2) is 6.04 Å². The number of nitrogens with zero attached hydrogens (tertiary/aromatic N) is 1. The molecule has 0 fully saturated rings. The van der Waals surface area contributed by atoms with Gasteiger partial charge < -0.3 is 10.4 Å². The Labute approximate surface area is 126 Å². The van der Waals surface area contributed by atoms with Crippen LogP contribution in [0, 0.1) is 5.92 Å². The third kappa shape index (κ3) is 3.43. The van der Waals surface area contributed by atoms with Crippen LogP contribution in [-0.2, 0) is 11.2 Å². The molecule has 2 rings (SSSR count). The Kier molecular flexibility index (Phi) is 4.35. The van der Waals surface area contributed by atoms with Crippen LogP contribution in [-0.4, -0.2) is 28.5 Å². The number of carbonyl (C=O) groups is 1. The van der Waals surface area contributed by atoms with Crippen LogP contribution in [0.15, 0.2) is 29.3 Å². The van der Waals surface area contributed by atoms with Crippen LogP contribution in [0.4, 0.5) is 0 Å². The Morgan fingerprint density at radius 1 is 1.43 bits per heavy atom. The number of hydrogen-bond acceptors (Lipinski definition) is 2. The Hall–Kier alpha value is -1.84. The lowest BCUT2D eigenvalue weighted by molar-refractivity contribution is -0.139. The molecule has 0 bridgehead atoms. The van der Waals surface area contributed by atoms with Crippen molar-refractivity contribution in [3.05, 3.63) is 35.4 Å². The molecule has 2 atom stereocenters. The van der Waals surface area contributed by atoms with Crippen LogP contribution >= 0.6 is 0 Å². The van der Waals surface area contributed by atoms with E-state index >= 15 is 0 Å². The minimum absolute atomic E-state index is 0.00833. The molecule has 0 saturated carbocycles. The van der Waals surface area contributed by atoms with E-state index in [-0.39, 0.29) is 11.5 Å². The van der Waals surface area contributed by atoms with E-state index in [4.69, 9.17) is 0 Å². The Morgan fingerprint density at radius 2 is 2.10 bits per heavy atom. The molecule has 114 valence electrons. The molecule has 4 heteroatoms. The van der Waals surface area contributed by atoms with Crippen molar-refractivity contribution in [2.75, 3.05) is 0 Å². The number of hydrogen-bond donors (Lipinski definition) is 2. The molecule has 1 aliphatic heterocycles. The molecule has 0 aromatic heterocycles. The van der Waals surface area contributed by atoms with Gasteiger partial charge in [-0.25, -0.2) is 4.79 Å². The van der Waals surface area contributed by atoms with Crippen molar-refractivity contribution in [3.63, 3.8) is 0 Å². The highest BCUT2D eigenvalue weighted by Crippen LogP contribution is 2.24. The van der Waals surface area contributed by atoms with E-state index in [1.54, 1.807) is 0 Å². The highest BCUT2D eigenvalue weighted by Gasteiger charge is 2.30. The minimum Gasteiger partial charge on any atom is -0.480 e. The molecule has 2 unspecified atom stereocenters. The average molecular weight is 288 g/mol. The lowest BCUT2D eigenvalue weighted by Crippen LogP contribution is -2.50. The summed E-state index contributed by atoms with van der Waals surface area (Å²) in [6.45, 7) is 8.14. The van der Waals surface area contributed by atoms with E-state index in [1.165, 1.54) is 5.56 Å². The van der Waals surface area contributed by atoms with Crippen molar-refractivity contribution in [3.8, 4) is 0 Å². The largest absolute Gasteiger partial charge is 0.480 e. The predicted molar refractivity (Wildman–Crippen MR) is 84.8 cm³/mol. The number of carboxylic acids is 1. The number of carboxylic acid groups (broad SMARTS) is 1. The summed E-state index contributed by atoms with van der Waals surface area (Å²) in [5, 5.41) is 12.8. The second-order valence-electron chi connectivity index (χ2n) is 6.49. The molecule has 0 radical (unpaired) electrons. The fourth-order valence-corrected chi connectivity index (χ4v) is 2.70. The van der Waals surface area contributed by atoms with Crippen molar-refractivity contribution in [2.24, 2.45) is 10.9 Å². The van der Waals surface area contributed by atoms with Crippen molar-refractivity contribution >= 4 is 11.8 Å². The first-order valence-corrected chi connectivity index (χ1v) is 7.51. The molecule has 0 aliphatic carbocycles. The van der Waals surface area contributed by atoms with Gasteiger partial charge in [-0.05, 0) is 31.7 Å². The van der Waals surface area contributed by atoms with E-state index in [2.05, 4.69) is 30.2 Å². The van der Waals surface area contributed by atoms with E-state index in [0.29, 0.717) is 5.84 Å². The standard InChI is InChI=1S/C17H24N2O2/c1-5-11(2)14(16(20)21)18-15-13-9-7-6-8-12(13)10-17(3,4)19-15/h6-9,11,14H,5,10H2,1-4H3,(H,18,19)(H,20,21). The highest BCUT2D eigenvalue weighted by atomic mass is 16.4. The lowest BCUT2D eigenvalue weighted by atomic mass is 9.87. The van der Waals surface area contributed by atoms with Gasteiger partial charge in [0.1, 0.15) is 5.84 Å². The van der Waals surface area contributed by atoms with E-state index in [1.807, 2.05) is 32.0 Å². The number of amidine groups is 1. The molecule has 1 heterocycles. The van der Waals surface area contributed by atoms with Gasteiger partial charge in [-0.3, -0.25) is 4.99 Å². The summed E-state index contributed by atoms with van der Waals surface area (Å²) >= 11 is 0. The van der Waals surface area contributed by atoms with Gasteiger partial charge in [0.05, 0.1) is 0 Å². The summed E-state index contributed by atoms with van der Waals surface area (Å²) in [7, 11) is 0. The number of benzene rings is 1. The summed E-state index contributed by atoms with van der Waals surface area (Å²) in [5.74, 6) is -0.150. The molecule has 4 nitrogen and oxygen atoms in total. The molecule has 0 amide bonds. The van der Waals surface area contributed by atoms with Crippen LogP contribution in [0.5, 0.6) is 0 Å². The van der Waals surface area contributed by atoms with E-state index in [9.17, 15) is 9.90 Å². The molecular formula is C17H24N2O2. The summed E-state index contributed by atoms with van der Waals surface area (Å²) in [6, 6.07) is 7.37. The van der Waals surface area contributed by atoms with E-state index < -0.39 is 12.0 Å². The van der Waals surface area contributed by atoms with Crippen molar-refractivity contribution in [2.45, 2.75) is 52.1 Å². The molecule has 0 saturated heterocycles. The summed E-state index contributed by atoms with van der Waals surface area (Å²) < 4.78 is 0. The quantitative estimate of drug-likeness (QED) is 0.895. The molecule has 1 aliphatic rings. The normalized spacial score (nSPS) is 21.2. The third-order valence-corrected chi connectivity index (χ3v) is 4.07. The van der Waals surface area contributed by atoms with Gasteiger partial charge in [-0.2, -0.15) is 0 Å². The first-order valence-electron chi connectivity index (χ1n) is 7.51. The molecule has 0 spiro atoms. The maximum Gasteiger partial charge on any atom is 0.328 e. The summed E-state index contributed by atoms with van der Waals surface area (Å²) in [5.41, 5.74) is 2.12. The zero-order valence-corrected chi connectivity index (χ0v) is 13.2. The van der Waals surface area contributed by atoms with Crippen molar-refractivity contribution < 1.29 is 9.90 Å². The Balaban J connectivity index is 2.46. The number of fused-ring (bicyclic) bond motifs is 1. The highest BCUT2D eigenvalue weighted by molar-refractivity contribution is 6.02. The number of rotatable bonds is 4. The Bertz CT molecular complexity index is 564.